The summed E-state index contributed by atoms with van der Waals surface area (Å²) in [5.74, 6) is 0.924. The van der Waals surface area contributed by atoms with E-state index in [9.17, 15) is 9.59 Å². The molecule has 2 aliphatic rings. The van der Waals surface area contributed by atoms with Gasteiger partial charge in [0.1, 0.15) is 17.6 Å². The Morgan fingerprint density at radius 1 is 1.15 bits per heavy atom. The Morgan fingerprint density at radius 3 is 2.46 bits per heavy atom. The third-order valence-electron chi connectivity index (χ3n) is 5.13. The van der Waals surface area contributed by atoms with Crippen molar-refractivity contribution in [3.8, 4) is 5.69 Å². The van der Waals surface area contributed by atoms with Gasteiger partial charge in [0.2, 0.25) is 11.9 Å². The summed E-state index contributed by atoms with van der Waals surface area (Å²) < 4.78 is 3.89. The number of aryl methyl sites for hydroxylation is 2. The van der Waals surface area contributed by atoms with E-state index in [1.165, 1.54) is 15.4 Å². The smallest absolute Gasteiger partial charge is 0.270 e. The average Bonchev–Trinajstić information content (AvgIpc) is 3.15. The van der Waals surface area contributed by atoms with Gasteiger partial charge >= 0.3 is 12.0 Å². The van der Waals surface area contributed by atoms with Crippen molar-refractivity contribution in [3.63, 3.8) is 0 Å². The fourth-order valence-electron chi connectivity index (χ4n) is 3.68. The maximum atomic E-state index is 12.9. The highest BCUT2D eigenvalue weighted by Gasteiger charge is 2.52. The number of benzene rings is 1. The second-order valence-corrected chi connectivity index (χ2v) is 6.63. The Balaban J connectivity index is 1.85. The SMILES string of the molecule is CCc1ccc(-n2c(C)c[n+]3c2N=C2C3C(=O)N(CC)C(=O)N2C)cc1. The van der Waals surface area contributed by atoms with E-state index < -0.39 is 6.04 Å². The number of carbonyl (C=O) groups excluding carboxylic acids is 2. The number of aromatic nitrogens is 2. The average molecular weight is 352 g/mol. The van der Waals surface area contributed by atoms with Crippen LogP contribution in [0.2, 0.25) is 0 Å². The zero-order valence-electron chi connectivity index (χ0n) is 15.4. The van der Waals surface area contributed by atoms with Crippen LogP contribution in [-0.2, 0) is 11.2 Å². The first kappa shape index (κ1) is 16.5. The Hall–Kier alpha value is -2.96. The van der Waals surface area contributed by atoms with Crippen molar-refractivity contribution in [1.82, 2.24) is 14.4 Å². The number of amides is 3. The number of likely N-dealkylation sites (N-methyl/N-ethyl adjacent to an activating group) is 2. The van der Waals surface area contributed by atoms with E-state index in [0.29, 0.717) is 18.3 Å². The minimum absolute atomic E-state index is 0.225. The molecular formula is C19H22N5O2+. The molecule has 26 heavy (non-hydrogen) atoms. The molecule has 1 unspecified atom stereocenters. The van der Waals surface area contributed by atoms with Crippen molar-refractivity contribution in [2.24, 2.45) is 4.99 Å². The number of fused-ring (bicyclic) bond motifs is 3. The Morgan fingerprint density at radius 2 is 1.85 bits per heavy atom. The van der Waals surface area contributed by atoms with Gasteiger partial charge in [0, 0.05) is 13.6 Å². The number of carbonyl (C=O) groups is 2. The first-order valence-electron chi connectivity index (χ1n) is 8.88. The molecule has 2 aliphatic heterocycles. The van der Waals surface area contributed by atoms with Gasteiger partial charge in [-0.2, -0.15) is 4.57 Å². The van der Waals surface area contributed by atoms with Gasteiger partial charge in [0.25, 0.3) is 5.91 Å². The molecule has 4 rings (SSSR count). The van der Waals surface area contributed by atoms with Crippen LogP contribution in [-0.4, -0.2) is 45.7 Å². The lowest BCUT2D eigenvalue weighted by Gasteiger charge is -2.32. The molecule has 1 fully saturated rings. The van der Waals surface area contributed by atoms with Gasteiger partial charge < -0.3 is 0 Å². The highest BCUT2D eigenvalue weighted by atomic mass is 16.2. The molecule has 134 valence electrons. The van der Waals surface area contributed by atoms with Crippen molar-refractivity contribution in [2.45, 2.75) is 33.2 Å². The van der Waals surface area contributed by atoms with Crippen molar-refractivity contribution in [3.05, 3.63) is 41.7 Å². The molecule has 1 aromatic carbocycles. The minimum atomic E-state index is -0.581. The van der Waals surface area contributed by atoms with E-state index in [1.54, 1.807) is 14.0 Å². The summed E-state index contributed by atoms with van der Waals surface area (Å²) in [6, 6.07) is 7.41. The zero-order chi connectivity index (χ0) is 18.6. The first-order chi connectivity index (χ1) is 12.5. The van der Waals surface area contributed by atoms with Crippen LogP contribution in [0.15, 0.2) is 35.5 Å². The van der Waals surface area contributed by atoms with E-state index >= 15 is 0 Å². The van der Waals surface area contributed by atoms with Crippen molar-refractivity contribution in [2.75, 3.05) is 13.6 Å². The highest BCUT2D eigenvalue weighted by molar-refractivity contribution is 6.19. The Kier molecular flexibility index (Phi) is 3.68. The lowest BCUT2D eigenvalue weighted by atomic mass is 10.1. The van der Waals surface area contributed by atoms with Crippen LogP contribution in [0.4, 0.5) is 10.7 Å². The maximum Gasteiger partial charge on any atom is 0.406 e. The first-order valence-corrected chi connectivity index (χ1v) is 8.88. The van der Waals surface area contributed by atoms with E-state index in [4.69, 9.17) is 0 Å². The number of imidazole rings is 1. The molecule has 2 aromatic rings. The van der Waals surface area contributed by atoms with Crippen LogP contribution < -0.4 is 4.57 Å². The Labute approximate surface area is 152 Å². The number of rotatable bonds is 3. The highest BCUT2D eigenvalue weighted by Crippen LogP contribution is 2.31. The maximum absolute atomic E-state index is 12.9. The third kappa shape index (κ3) is 2.13. The van der Waals surface area contributed by atoms with Crippen LogP contribution in [0.3, 0.4) is 0 Å². The summed E-state index contributed by atoms with van der Waals surface area (Å²) in [5, 5.41) is 0. The quantitative estimate of drug-likeness (QED) is 0.795. The molecule has 1 aromatic heterocycles. The van der Waals surface area contributed by atoms with Gasteiger partial charge in [-0.1, -0.05) is 24.0 Å². The van der Waals surface area contributed by atoms with E-state index in [2.05, 4.69) is 36.2 Å². The third-order valence-corrected chi connectivity index (χ3v) is 5.13. The number of hydrogen-bond acceptors (Lipinski definition) is 3. The minimum Gasteiger partial charge on any atom is -0.270 e. The lowest BCUT2D eigenvalue weighted by molar-refractivity contribution is -0.676. The molecule has 3 amide bonds. The van der Waals surface area contributed by atoms with Gasteiger partial charge in [-0.3, -0.25) is 14.6 Å². The molecule has 0 aliphatic carbocycles. The zero-order valence-corrected chi connectivity index (χ0v) is 15.4. The van der Waals surface area contributed by atoms with Gasteiger partial charge in [-0.15, -0.1) is 0 Å². The van der Waals surface area contributed by atoms with Crippen molar-refractivity contribution >= 4 is 23.7 Å². The largest absolute Gasteiger partial charge is 0.406 e. The summed E-state index contributed by atoms with van der Waals surface area (Å²) >= 11 is 0. The lowest BCUT2D eigenvalue weighted by Crippen LogP contribution is -2.62. The summed E-state index contributed by atoms with van der Waals surface area (Å²) in [6.45, 7) is 6.27. The number of urea groups is 1. The second-order valence-electron chi connectivity index (χ2n) is 6.63. The van der Waals surface area contributed by atoms with Gasteiger partial charge in [-0.05, 0) is 38.0 Å². The topological polar surface area (TPSA) is 61.8 Å². The molecule has 0 radical (unpaired) electrons. The van der Waals surface area contributed by atoms with Gasteiger partial charge in [0.05, 0.1) is 0 Å². The summed E-state index contributed by atoms with van der Waals surface area (Å²) in [6.07, 6.45) is 2.91. The van der Waals surface area contributed by atoms with E-state index in [-0.39, 0.29) is 11.9 Å². The number of imide groups is 1. The van der Waals surface area contributed by atoms with Crippen LogP contribution >= 0.6 is 0 Å². The molecule has 1 atom stereocenters. The van der Waals surface area contributed by atoms with E-state index in [0.717, 1.165) is 17.8 Å². The van der Waals surface area contributed by atoms with E-state index in [1.807, 2.05) is 22.3 Å². The number of nitrogens with zero attached hydrogens (tertiary/aromatic N) is 5. The van der Waals surface area contributed by atoms with Crippen LogP contribution in [0.25, 0.3) is 5.69 Å². The van der Waals surface area contributed by atoms with Crippen molar-refractivity contribution < 1.29 is 14.2 Å². The number of hydrogen-bond donors (Lipinski definition) is 0. The fourth-order valence-corrected chi connectivity index (χ4v) is 3.68. The van der Waals surface area contributed by atoms with Gasteiger partial charge in [0.15, 0.2) is 0 Å². The summed E-state index contributed by atoms with van der Waals surface area (Å²) in [4.78, 5) is 32.7. The monoisotopic (exact) mass is 352 g/mol. The Bertz CT molecular complexity index is 942. The molecule has 1 saturated heterocycles. The normalized spacial score (nSPS) is 18.9. The summed E-state index contributed by atoms with van der Waals surface area (Å²) in [7, 11) is 1.67. The molecule has 0 N–H and O–H groups in total. The van der Waals surface area contributed by atoms with Gasteiger partial charge in [-0.25, -0.2) is 9.36 Å². The molecular weight excluding hydrogens is 330 g/mol. The molecule has 7 heteroatoms. The number of aliphatic imine (C=N–C) groups is 1. The standard InChI is InChI=1S/C19H22N5O2/c1-5-13-7-9-14(10-8-13)24-12(3)11-23-15-16(20-18(23)24)21(4)19(26)22(6-2)17(15)25/h7-11,15H,5-6H2,1-4H3/q+1. The summed E-state index contributed by atoms with van der Waals surface area (Å²) in [5.41, 5.74) is 3.25. The van der Waals surface area contributed by atoms with Crippen LogP contribution in [0.1, 0.15) is 31.1 Å². The molecule has 7 nitrogen and oxygen atoms in total. The van der Waals surface area contributed by atoms with Crippen LogP contribution in [0, 0.1) is 6.92 Å². The molecule has 3 heterocycles. The molecule has 0 bridgehead atoms. The van der Waals surface area contributed by atoms with Crippen molar-refractivity contribution in [1.29, 1.82) is 0 Å². The predicted octanol–water partition coefficient (Wildman–Crippen LogP) is 2.13. The van der Waals surface area contributed by atoms with Crippen LogP contribution in [0.5, 0.6) is 0 Å². The molecule has 0 spiro atoms. The fraction of sp³-hybridized carbons (Fsp3) is 0.368. The predicted molar refractivity (Wildman–Crippen MR) is 96.8 cm³/mol. The second kappa shape index (κ2) is 5.79. The molecule has 0 saturated carbocycles. The number of amidine groups is 1.